The normalized spacial score (nSPS) is 18.4. The molecule has 0 fully saturated rings. The largest absolute Gasteiger partial charge is 0.486 e. The molecule has 88 valence electrons. The van der Waals surface area contributed by atoms with Gasteiger partial charge in [-0.25, -0.2) is 0 Å². The standard InChI is InChI=1S/C13H13NO3/c1-8-2-3-10-11(14-8)4-5-12-13(10)17-9(6-15)7-16-12/h2-5,9,15H,6-7H2,1H3. The molecule has 0 radical (unpaired) electrons. The van der Waals surface area contributed by atoms with E-state index in [1.54, 1.807) is 0 Å². The first-order valence-electron chi connectivity index (χ1n) is 5.58. The number of rotatable bonds is 1. The van der Waals surface area contributed by atoms with Gasteiger partial charge in [0.1, 0.15) is 6.61 Å². The summed E-state index contributed by atoms with van der Waals surface area (Å²) in [6, 6.07) is 7.69. The summed E-state index contributed by atoms with van der Waals surface area (Å²) in [5.74, 6) is 1.40. The molecule has 0 bridgehead atoms. The van der Waals surface area contributed by atoms with Crippen molar-refractivity contribution in [1.82, 2.24) is 4.98 Å². The van der Waals surface area contributed by atoms with Crippen LogP contribution in [0.25, 0.3) is 10.9 Å². The maximum absolute atomic E-state index is 9.11. The minimum atomic E-state index is -0.297. The Morgan fingerprint density at radius 2 is 2.24 bits per heavy atom. The van der Waals surface area contributed by atoms with Crippen molar-refractivity contribution in [3.8, 4) is 11.5 Å². The lowest BCUT2D eigenvalue weighted by molar-refractivity contribution is 0.0472. The van der Waals surface area contributed by atoms with Crippen LogP contribution < -0.4 is 9.47 Å². The van der Waals surface area contributed by atoms with Gasteiger partial charge < -0.3 is 14.6 Å². The number of hydrogen-bond acceptors (Lipinski definition) is 4. The second-order valence-corrected chi connectivity index (χ2v) is 4.15. The number of ether oxygens (including phenoxy) is 2. The van der Waals surface area contributed by atoms with E-state index in [9.17, 15) is 0 Å². The van der Waals surface area contributed by atoms with Crippen molar-refractivity contribution < 1.29 is 14.6 Å². The Hall–Kier alpha value is -1.81. The summed E-state index contributed by atoms with van der Waals surface area (Å²) in [5.41, 5.74) is 1.85. The van der Waals surface area contributed by atoms with Crippen molar-refractivity contribution in [3.63, 3.8) is 0 Å². The Bertz CT molecular complexity index is 568. The van der Waals surface area contributed by atoms with Crippen LogP contribution in [0.1, 0.15) is 5.69 Å². The first-order chi connectivity index (χ1) is 8.28. The van der Waals surface area contributed by atoms with E-state index in [2.05, 4.69) is 4.98 Å². The second kappa shape index (κ2) is 3.89. The Morgan fingerprint density at radius 1 is 1.35 bits per heavy atom. The highest BCUT2D eigenvalue weighted by Gasteiger charge is 2.22. The van der Waals surface area contributed by atoms with Gasteiger partial charge in [-0.2, -0.15) is 0 Å². The summed E-state index contributed by atoms with van der Waals surface area (Å²) >= 11 is 0. The average Bonchev–Trinajstić information content (AvgIpc) is 2.37. The van der Waals surface area contributed by atoms with Crippen LogP contribution in [0, 0.1) is 6.92 Å². The fraction of sp³-hybridized carbons (Fsp3) is 0.308. The molecule has 0 saturated carbocycles. The maximum atomic E-state index is 9.11. The Morgan fingerprint density at radius 3 is 3.06 bits per heavy atom. The average molecular weight is 231 g/mol. The van der Waals surface area contributed by atoms with Gasteiger partial charge in [-0.05, 0) is 31.2 Å². The van der Waals surface area contributed by atoms with E-state index in [4.69, 9.17) is 14.6 Å². The van der Waals surface area contributed by atoms with Gasteiger partial charge in [0.25, 0.3) is 0 Å². The monoisotopic (exact) mass is 231 g/mol. The predicted molar refractivity (Wildman–Crippen MR) is 63.5 cm³/mol. The van der Waals surface area contributed by atoms with E-state index in [-0.39, 0.29) is 12.7 Å². The summed E-state index contributed by atoms with van der Waals surface area (Å²) < 4.78 is 11.3. The molecule has 1 unspecified atom stereocenters. The molecule has 0 spiro atoms. The van der Waals surface area contributed by atoms with Crippen LogP contribution in [0.3, 0.4) is 0 Å². The van der Waals surface area contributed by atoms with E-state index < -0.39 is 0 Å². The number of aryl methyl sites for hydroxylation is 1. The summed E-state index contributed by atoms with van der Waals surface area (Å²) in [4.78, 5) is 4.44. The van der Waals surface area contributed by atoms with Crippen molar-refractivity contribution in [2.45, 2.75) is 13.0 Å². The van der Waals surface area contributed by atoms with Gasteiger partial charge in [-0.15, -0.1) is 0 Å². The molecule has 3 rings (SSSR count). The number of benzene rings is 1. The molecule has 2 heterocycles. The molecule has 1 N–H and O–H groups in total. The molecule has 1 aromatic carbocycles. The summed E-state index contributed by atoms with van der Waals surface area (Å²) in [6.45, 7) is 2.29. The summed E-state index contributed by atoms with van der Waals surface area (Å²) in [6.07, 6.45) is -0.297. The Balaban J connectivity index is 2.17. The highest BCUT2D eigenvalue weighted by atomic mass is 16.6. The molecule has 1 atom stereocenters. The van der Waals surface area contributed by atoms with Crippen LogP contribution in [0.2, 0.25) is 0 Å². The van der Waals surface area contributed by atoms with Gasteiger partial charge >= 0.3 is 0 Å². The number of aliphatic hydroxyl groups excluding tert-OH is 1. The smallest absolute Gasteiger partial charge is 0.171 e. The molecule has 2 aromatic rings. The van der Waals surface area contributed by atoms with Gasteiger partial charge in [0, 0.05) is 11.1 Å². The SMILES string of the molecule is Cc1ccc2c3c(ccc2n1)OCC(CO)O3. The summed E-state index contributed by atoms with van der Waals surface area (Å²) in [5, 5.41) is 10.0. The van der Waals surface area contributed by atoms with Gasteiger partial charge in [-0.3, -0.25) is 4.98 Å². The zero-order chi connectivity index (χ0) is 11.8. The zero-order valence-electron chi connectivity index (χ0n) is 9.51. The van der Waals surface area contributed by atoms with Crippen LogP contribution in [0.15, 0.2) is 24.3 Å². The van der Waals surface area contributed by atoms with Crippen LogP contribution in [0.5, 0.6) is 11.5 Å². The van der Waals surface area contributed by atoms with Crippen LogP contribution in [-0.4, -0.2) is 29.4 Å². The zero-order valence-corrected chi connectivity index (χ0v) is 9.51. The molecule has 4 nitrogen and oxygen atoms in total. The number of fused-ring (bicyclic) bond motifs is 3. The molecular weight excluding hydrogens is 218 g/mol. The Kier molecular flexibility index (Phi) is 2.37. The third-order valence-corrected chi connectivity index (χ3v) is 2.84. The van der Waals surface area contributed by atoms with E-state index in [1.807, 2.05) is 31.2 Å². The van der Waals surface area contributed by atoms with E-state index in [1.165, 1.54) is 0 Å². The van der Waals surface area contributed by atoms with E-state index in [0.717, 1.165) is 16.6 Å². The molecule has 0 saturated heterocycles. The number of aliphatic hydroxyl groups is 1. The lowest BCUT2D eigenvalue weighted by Gasteiger charge is -2.26. The number of nitrogens with zero attached hydrogens (tertiary/aromatic N) is 1. The fourth-order valence-corrected chi connectivity index (χ4v) is 1.97. The molecule has 17 heavy (non-hydrogen) atoms. The maximum Gasteiger partial charge on any atom is 0.171 e. The number of pyridine rings is 1. The van der Waals surface area contributed by atoms with Crippen molar-refractivity contribution in [2.75, 3.05) is 13.2 Å². The second-order valence-electron chi connectivity index (χ2n) is 4.15. The van der Waals surface area contributed by atoms with Crippen LogP contribution in [-0.2, 0) is 0 Å². The van der Waals surface area contributed by atoms with Gasteiger partial charge in [0.15, 0.2) is 17.6 Å². The molecule has 1 aliphatic heterocycles. The first-order valence-corrected chi connectivity index (χ1v) is 5.58. The minimum Gasteiger partial charge on any atom is -0.486 e. The van der Waals surface area contributed by atoms with Gasteiger partial charge in [0.2, 0.25) is 0 Å². The van der Waals surface area contributed by atoms with E-state index >= 15 is 0 Å². The van der Waals surface area contributed by atoms with Gasteiger partial charge in [0.05, 0.1) is 12.1 Å². The third-order valence-electron chi connectivity index (χ3n) is 2.84. The minimum absolute atomic E-state index is 0.0465. The highest BCUT2D eigenvalue weighted by molar-refractivity contribution is 5.88. The quantitative estimate of drug-likeness (QED) is 0.811. The van der Waals surface area contributed by atoms with Crippen molar-refractivity contribution >= 4 is 10.9 Å². The molecular formula is C13H13NO3. The predicted octanol–water partition coefficient (Wildman–Crippen LogP) is 1.68. The fourth-order valence-electron chi connectivity index (χ4n) is 1.97. The number of hydrogen-bond donors (Lipinski definition) is 1. The van der Waals surface area contributed by atoms with Crippen molar-refractivity contribution in [1.29, 1.82) is 0 Å². The van der Waals surface area contributed by atoms with Crippen molar-refractivity contribution in [2.24, 2.45) is 0 Å². The number of aromatic nitrogens is 1. The molecule has 0 amide bonds. The van der Waals surface area contributed by atoms with Gasteiger partial charge in [-0.1, -0.05) is 0 Å². The third kappa shape index (κ3) is 1.70. The highest BCUT2D eigenvalue weighted by Crippen LogP contribution is 2.38. The summed E-state index contributed by atoms with van der Waals surface area (Å²) in [7, 11) is 0. The molecule has 1 aromatic heterocycles. The van der Waals surface area contributed by atoms with Crippen molar-refractivity contribution in [3.05, 3.63) is 30.0 Å². The topological polar surface area (TPSA) is 51.6 Å². The molecule has 4 heteroatoms. The lowest BCUT2D eigenvalue weighted by Crippen LogP contribution is -2.32. The molecule has 1 aliphatic rings. The first kappa shape index (κ1) is 10.4. The molecule has 0 aliphatic carbocycles. The Labute approximate surface area is 98.8 Å². The van der Waals surface area contributed by atoms with E-state index in [0.29, 0.717) is 18.1 Å². The lowest BCUT2D eigenvalue weighted by atomic mass is 10.1. The van der Waals surface area contributed by atoms with Crippen LogP contribution >= 0.6 is 0 Å². The van der Waals surface area contributed by atoms with Crippen LogP contribution in [0.4, 0.5) is 0 Å².